The van der Waals surface area contributed by atoms with E-state index < -0.39 is 0 Å². The molecule has 1 atom stereocenters. The molecule has 1 aliphatic carbocycles. The Morgan fingerprint density at radius 2 is 2.13 bits per heavy atom. The van der Waals surface area contributed by atoms with Gasteiger partial charge in [-0.15, -0.1) is 0 Å². The lowest BCUT2D eigenvalue weighted by Crippen LogP contribution is -2.44. The lowest BCUT2D eigenvalue weighted by molar-refractivity contribution is 0.198. The Kier molecular flexibility index (Phi) is 4.88. The van der Waals surface area contributed by atoms with Gasteiger partial charge in [-0.05, 0) is 25.3 Å². The molecule has 1 fully saturated rings. The predicted octanol–water partition coefficient (Wildman–Crippen LogP) is 1.17. The number of amides is 2. The molecule has 15 heavy (non-hydrogen) atoms. The summed E-state index contributed by atoms with van der Waals surface area (Å²) >= 11 is 0. The standard InChI is InChI=1S/C11H23N3O/c1-9(7-12)8-14(2)11(15)13-10-5-3-4-6-10/h9-10H,3-8,12H2,1-2H3,(H,13,15). The van der Waals surface area contributed by atoms with Crippen LogP contribution < -0.4 is 11.1 Å². The summed E-state index contributed by atoms with van der Waals surface area (Å²) < 4.78 is 0. The lowest BCUT2D eigenvalue weighted by Gasteiger charge is -2.23. The van der Waals surface area contributed by atoms with Crippen LogP contribution in [0.1, 0.15) is 32.6 Å². The van der Waals surface area contributed by atoms with Crippen LogP contribution in [0.4, 0.5) is 4.79 Å². The van der Waals surface area contributed by atoms with Gasteiger partial charge in [-0.3, -0.25) is 0 Å². The van der Waals surface area contributed by atoms with Crippen LogP contribution >= 0.6 is 0 Å². The molecule has 1 saturated carbocycles. The second-order valence-electron chi connectivity index (χ2n) is 4.65. The Labute approximate surface area is 92.2 Å². The van der Waals surface area contributed by atoms with Crippen LogP contribution in [0.5, 0.6) is 0 Å². The number of nitrogens with one attached hydrogen (secondary N) is 1. The van der Waals surface area contributed by atoms with Gasteiger partial charge >= 0.3 is 6.03 Å². The van der Waals surface area contributed by atoms with E-state index in [1.54, 1.807) is 4.90 Å². The molecule has 0 spiro atoms. The molecule has 0 aromatic rings. The van der Waals surface area contributed by atoms with Crippen molar-refractivity contribution >= 4 is 6.03 Å². The molecule has 4 heteroatoms. The van der Waals surface area contributed by atoms with E-state index in [0.29, 0.717) is 18.5 Å². The quantitative estimate of drug-likeness (QED) is 0.736. The Balaban J connectivity index is 2.25. The third-order valence-electron chi connectivity index (χ3n) is 3.02. The topological polar surface area (TPSA) is 58.4 Å². The van der Waals surface area contributed by atoms with Gasteiger partial charge in [0.2, 0.25) is 0 Å². The number of urea groups is 1. The van der Waals surface area contributed by atoms with Crippen LogP contribution in [-0.4, -0.2) is 37.1 Å². The number of nitrogens with two attached hydrogens (primary N) is 1. The second-order valence-corrected chi connectivity index (χ2v) is 4.65. The molecule has 3 N–H and O–H groups in total. The Hall–Kier alpha value is -0.770. The van der Waals surface area contributed by atoms with E-state index in [0.717, 1.165) is 19.4 Å². The van der Waals surface area contributed by atoms with Crippen LogP contribution in [0.3, 0.4) is 0 Å². The van der Waals surface area contributed by atoms with Gasteiger partial charge in [0.1, 0.15) is 0 Å². The molecule has 0 heterocycles. The minimum atomic E-state index is 0.0437. The maximum Gasteiger partial charge on any atom is 0.317 e. The van der Waals surface area contributed by atoms with Crippen molar-refractivity contribution in [2.75, 3.05) is 20.1 Å². The smallest absolute Gasteiger partial charge is 0.317 e. The second kappa shape index (κ2) is 5.95. The molecule has 0 saturated heterocycles. The van der Waals surface area contributed by atoms with E-state index in [-0.39, 0.29) is 6.03 Å². The summed E-state index contributed by atoms with van der Waals surface area (Å²) in [7, 11) is 1.83. The summed E-state index contributed by atoms with van der Waals surface area (Å²) in [5.41, 5.74) is 5.53. The highest BCUT2D eigenvalue weighted by Gasteiger charge is 2.19. The van der Waals surface area contributed by atoms with Gasteiger partial charge in [-0.1, -0.05) is 19.8 Å². The van der Waals surface area contributed by atoms with E-state index >= 15 is 0 Å². The van der Waals surface area contributed by atoms with E-state index in [9.17, 15) is 4.79 Å². The number of nitrogens with zero attached hydrogens (tertiary/aromatic N) is 1. The van der Waals surface area contributed by atoms with Crippen LogP contribution in [0.25, 0.3) is 0 Å². The van der Waals surface area contributed by atoms with Crippen molar-refractivity contribution in [2.24, 2.45) is 11.7 Å². The highest BCUT2D eigenvalue weighted by molar-refractivity contribution is 5.74. The van der Waals surface area contributed by atoms with Gasteiger partial charge in [-0.2, -0.15) is 0 Å². The van der Waals surface area contributed by atoms with Crippen LogP contribution in [0.15, 0.2) is 0 Å². The normalized spacial score (nSPS) is 18.9. The third kappa shape index (κ3) is 4.08. The average Bonchev–Trinajstić information content (AvgIpc) is 2.70. The monoisotopic (exact) mass is 213 g/mol. The van der Waals surface area contributed by atoms with Gasteiger partial charge in [0.05, 0.1) is 0 Å². The van der Waals surface area contributed by atoms with E-state index in [1.165, 1.54) is 12.8 Å². The van der Waals surface area contributed by atoms with Crippen molar-refractivity contribution in [3.05, 3.63) is 0 Å². The van der Waals surface area contributed by atoms with Crippen molar-refractivity contribution < 1.29 is 4.79 Å². The van der Waals surface area contributed by atoms with Crippen LogP contribution in [-0.2, 0) is 0 Å². The molecule has 1 rings (SSSR count). The minimum absolute atomic E-state index is 0.0437. The maximum absolute atomic E-state index is 11.7. The van der Waals surface area contributed by atoms with E-state index in [4.69, 9.17) is 5.73 Å². The van der Waals surface area contributed by atoms with E-state index in [1.807, 2.05) is 7.05 Å². The summed E-state index contributed by atoms with van der Waals surface area (Å²) in [5, 5.41) is 3.05. The van der Waals surface area contributed by atoms with Crippen molar-refractivity contribution in [3.63, 3.8) is 0 Å². The maximum atomic E-state index is 11.7. The molecule has 0 aliphatic heterocycles. The molecule has 1 aliphatic rings. The number of carbonyl (C=O) groups excluding carboxylic acids is 1. The van der Waals surface area contributed by atoms with Crippen molar-refractivity contribution in [3.8, 4) is 0 Å². The van der Waals surface area contributed by atoms with Gasteiger partial charge in [0.15, 0.2) is 0 Å². The summed E-state index contributed by atoms with van der Waals surface area (Å²) in [6, 6.07) is 0.440. The lowest BCUT2D eigenvalue weighted by atomic mass is 10.2. The zero-order chi connectivity index (χ0) is 11.3. The van der Waals surface area contributed by atoms with Gasteiger partial charge < -0.3 is 16.0 Å². The highest BCUT2D eigenvalue weighted by Crippen LogP contribution is 2.17. The summed E-state index contributed by atoms with van der Waals surface area (Å²) in [6.45, 7) is 3.41. The van der Waals surface area contributed by atoms with Gasteiger partial charge in [0.25, 0.3) is 0 Å². The molecular formula is C11H23N3O. The predicted molar refractivity (Wildman–Crippen MR) is 61.6 cm³/mol. The molecule has 1 unspecified atom stereocenters. The third-order valence-corrected chi connectivity index (χ3v) is 3.02. The first-order chi connectivity index (χ1) is 7.13. The van der Waals surface area contributed by atoms with Crippen LogP contribution in [0, 0.1) is 5.92 Å². The molecule has 88 valence electrons. The fraction of sp³-hybridized carbons (Fsp3) is 0.909. The summed E-state index contributed by atoms with van der Waals surface area (Å²) in [6.07, 6.45) is 4.75. The largest absolute Gasteiger partial charge is 0.335 e. The molecule has 0 aromatic carbocycles. The first kappa shape index (κ1) is 12.3. The Morgan fingerprint density at radius 3 is 2.67 bits per heavy atom. The number of rotatable bonds is 4. The molecule has 4 nitrogen and oxygen atoms in total. The molecular weight excluding hydrogens is 190 g/mol. The fourth-order valence-corrected chi connectivity index (χ4v) is 1.98. The molecule has 0 radical (unpaired) electrons. The van der Waals surface area contributed by atoms with Crippen molar-refractivity contribution in [2.45, 2.75) is 38.6 Å². The first-order valence-corrected chi connectivity index (χ1v) is 5.85. The highest BCUT2D eigenvalue weighted by atomic mass is 16.2. The Bertz CT molecular complexity index is 202. The van der Waals surface area contributed by atoms with Crippen LogP contribution in [0.2, 0.25) is 0 Å². The SMILES string of the molecule is CC(CN)CN(C)C(=O)NC1CCCC1. The molecule has 0 bridgehead atoms. The first-order valence-electron chi connectivity index (χ1n) is 5.85. The summed E-state index contributed by atoms with van der Waals surface area (Å²) in [4.78, 5) is 13.5. The number of hydrogen-bond donors (Lipinski definition) is 2. The van der Waals surface area contributed by atoms with Crippen molar-refractivity contribution in [1.82, 2.24) is 10.2 Å². The zero-order valence-electron chi connectivity index (χ0n) is 9.83. The van der Waals surface area contributed by atoms with Crippen molar-refractivity contribution in [1.29, 1.82) is 0 Å². The Morgan fingerprint density at radius 1 is 1.53 bits per heavy atom. The molecule has 2 amide bonds. The van der Waals surface area contributed by atoms with Gasteiger partial charge in [0, 0.05) is 19.6 Å². The summed E-state index contributed by atoms with van der Waals surface area (Å²) in [5.74, 6) is 0.365. The number of carbonyl (C=O) groups is 1. The zero-order valence-corrected chi connectivity index (χ0v) is 9.83. The number of hydrogen-bond acceptors (Lipinski definition) is 2. The minimum Gasteiger partial charge on any atom is -0.335 e. The van der Waals surface area contributed by atoms with Gasteiger partial charge in [-0.25, -0.2) is 4.79 Å². The fourth-order valence-electron chi connectivity index (χ4n) is 1.98. The van der Waals surface area contributed by atoms with E-state index in [2.05, 4.69) is 12.2 Å². The molecule has 0 aromatic heterocycles. The average molecular weight is 213 g/mol.